The van der Waals surface area contributed by atoms with Gasteiger partial charge in [0.2, 0.25) is 0 Å². The van der Waals surface area contributed by atoms with Crippen molar-refractivity contribution in [1.29, 1.82) is 0 Å². The Balaban J connectivity index is 1.89. The largest absolute Gasteiger partial charge is 0.482 e. The van der Waals surface area contributed by atoms with Crippen LogP contribution in [-0.4, -0.2) is 24.2 Å². The van der Waals surface area contributed by atoms with Crippen LogP contribution in [0.3, 0.4) is 0 Å². The van der Waals surface area contributed by atoms with Crippen LogP contribution < -0.4 is 15.0 Å². The van der Waals surface area contributed by atoms with Gasteiger partial charge < -0.3 is 9.47 Å². The van der Waals surface area contributed by atoms with E-state index in [-0.39, 0.29) is 18.6 Å². The predicted molar refractivity (Wildman–Crippen MR) is 104 cm³/mol. The Labute approximate surface area is 159 Å². The predicted octanol–water partition coefficient (Wildman–Crippen LogP) is 4.52. The fraction of sp³-hybridized carbons (Fsp3) is 0.333. The fourth-order valence-corrected chi connectivity index (χ4v) is 2.98. The number of nitrogens with one attached hydrogen (secondary N) is 1. The van der Waals surface area contributed by atoms with Gasteiger partial charge in [0.05, 0.1) is 11.7 Å². The van der Waals surface area contributed by atoms with Gasteiger partial charge in [-0.15, -0.1) is 0 Å². The Kier molecular flexibility index (Phi) is 5.08. The third kappa shape index (κ3) is 4.39. The van der Waals surface area contributed by atoms with Crippen molar-refractivity contribution in [2.24, 2.45) is 0 Å². The molecule has 2 aromatic carbocycles. The first-order valence-electron chi connectivity index (χ1n) is 8.88. The van der Waals surface area contributed by atoms with E-state index in [1.54, 1.807) is 43.9 Å². The number of ether oxygens (including phenoxy) is 2. The van der Waals surface area contributed by atoms with Gasteiger partial charge in [-0.3, -0.25) is 15.0 Å². The summed E-state index contributed by atoms with van der Waals surface area (Å²) in [6, 6.07) is 14.8. The summed E-state index contributed by atoms with van der Waals surface area (Å²) in [5.74, 6) is 0.473. The number of nitrogens with zero attached hydrogens (tertiary/aromatic N) is 1. The third-order valence-corrected chi connectivity index (χ3v) is 4.15. The molecule has 1 N–H and O–H groups in total. The van der Waals surface area contributed by atoms with Crippen LogP contribution in [0.15, 0.2) is 48.5 Å². The first kappa shape index (κ1) is 18.8. The van der Waals surface area contributed by atoms with Crippen molar-refractivity contribution in [2.75, 3.05) is 16.8 Å². The van der Waals surface area contributed by atoms with E-state index in [4.69, 9.17) is 9.47 Å². The summed E-state index contributed by atoms with van der Waals surface area (Å²) in [4.78, 5) is 26.3. The summed E-state index contributed by atoms with van der Waals surface area (Å²) in [5, 5.41) is 2.71. The van der Waals surface area contributed by atoms with Gasteiger partial charge >= 0.3 is 6.09 Å². The van der Waals surface area contributed by atoms with Crippen LogP contribution in [0, 0.1) is 0 Å². The second-order valence-electron chi connectivity index (χ2n) is 7.45. The van der Waals surface area contributed by atoms with Crippen molar-refractivity contribution in [3.63, 3.8) is 0 Å². The number of carbonyl (C=O) groups excluding carboxylic acids is 2. The van der Waals surface area contributed by atoms with Gasteiger partial charge in [0, 0.05) is 5.69 Å². The highest BCUT2D eigenvalue weighted by atomic mass is 16.6. The zero-order valence-corrected chi connectivity index (χ0v) is 16.0. The molecule has 3 rings (SSSR count). The Morgan fingerprint density at radius 2 is 1.89 bits per heavy atom. The number of carbonyl (C=O) groups is 2. The van der Waals surface area contributed by atoms with Crippen LogP contribution in [0.25, 0.3) is 0 Å². The zero-order chi connectivity index (χ0) is 19.6. The van der Waals surface area contributed by atoms with Crippen molar-refractivity contribution < 1.29 is 19.1 Å². The van der Waals surface area contributed by atoms with Crippen LogP contribution >= 0.6 is 0 Å². The van der Waals surface area contributed by atoms with Crippen molar-refractivity contribution in [3.8, 4) is 5.75 Å². The SMILES string of the molecule is CC(c1ccccc1)N1C(=O)COc2ccc(NC(=O)OC(C)(C)C)cc21. The van der Waals surface area contributed by atoms with Gasteiger partial charge in [-0.05, 0) is 51.5 Å². The first-order valence-corrected chi connectivity index (χ1v) is 8.88. The molecule has 2 aromatic rings. The van der Waals surface area contributed by atoms with Gasteiger partial charge in [0.25, 0.3) is 5.91 Å². The highest BCUT2D eigenvalue weighted by Crippen LogP contribution is 2.39. The lowest BCUT2D eigenvalue weighted by Crippen LogP contribution is -2.40. The molecule has 1 heterocycles. The maximum Gasteiger partial charge on any atom is 0.412 e. The number of anilines is 2. The Morgan fingerprint density at radius 1 is 1.19 bits per heavy atom. The fourth-order valence-electron chi connectivity index (χ4n) is 2.98. The lowest BCUT2D eigenvalue weighted by Gasteiger charge is -2.34. The van der Waals surface area contributed by atoms with Crippen LogP contribution in [0.1, 0.15) is 39.3 Å². The van der Waals surface area contributed by atoms with E-state index in [2.05, 4.69) is 5.32 Å². The molecule has 0 saturated heterocycles. The topological polar surface area (TPSA) is 67.9 Å². The van der Waals surface area contributed by atoms with E-state index in [0.29, 0.717) is 17.1 Å². The van der Waals surface area contributed by atoms with Gasteiger partial charge in [0.15, 0.2) is 6.61 Å². The molecule has 1 atom stereocenters. The Morgan fingerprint density at radius 3 is 2.56 bits per heavy atom. The van der Waals surface area contributed by atoms with Crippen molar-refractivity contribution in [3.05, 3.63) is 54.1 Å². The maximum atomic E-state index is 12.6. The summed E-state index contributed by atoms with van der Waals surface area (Å²) in [7, 11) is 0. The quantitative estimate of drug-likeness (QED) is 0.865. The minimum absolute atomic E-state index is 0.0109. The molecule has 0 spiro atoms. The first-order chi connectivity index (χ1) is 12.7. The molecule has 2 amide bonds. The molecular formula is C21H24N2O4. The summed E-state index contributed by atoms with van der Waals surface area (Å²) >= 11 is 0. The van der Waals surface area contributed by atoms with E-state index < -0.39 is 11.7 Å². The van der Waals surface area contributed by atoms with E-state index in [9.17, 15) is 9.59 Å². The van der Waals surface area contributed by atoms with Crippen LogP contribution in [-0.2, 0) is 9.53 Å². The van der Waals surface area contributed by atoms with E-state index in [0.717, 1.165) is 5.56 Å². The van der Waals surface area contributed by atoms with E-state index in [1.165, 1.54) is 0 Å². The average Bonchev–Trinajstić information content (AvgIpc) is 2.60. The molecule has 1 unspecified atom stereocenters. The van der Waals surface area contributed by atoms with E-state index >= 15 is 0 Å². The van der Waals surface area contributed by atoms with Gasteiger partial charge in [-0.25, -0.2) is 4.79 Å². The molecule has 0 saturated carbocycles. The number of benzene rings is 2. The summed E-state index contributed by atoms with van der Waals surface area (Å²) in [5.41, 5.74) is 1.58. The number of hydrogen-bond acceptors (Lipinski definition) is 4. The second-order valence-corrected chi connectivity index (χ2v) is 7.45. The van der Waals surface area contributed by atoms with Crippen LogP contribution in [0.5, 0.6) is 5.75 Å². The van der Waals surface area contributed by atoms with Crippen molar-refractivity contribution in [1.82, 2.24) is 0 Å². The van der Waals surface area contributed by atoms with Crippen LogP contribution in [0.2, 0.25) is 0 Å². The molecule has 0 radical (unpaired) electrons. The minimum Gasteiger partial charge on any atom is -0.482 e. The number of amides is 2. The number of fused-ring (bicyclic) bond motifs is 1. The number of rotatable bonds is 3. The molecule has 0 fully saturated rings. The summed E-state index contributed by atoms with van der Waals surface area (Å²) in [6.07, 6.45) is -0.548. The molecule has 1 aliphatic rings. The Bertz CT molecular complexity index is 843. The van der Waals surface area contributed by atoms with Gasteiger partial charge in [0.1, 0.15) is 11.4 Å². The number of hydrogen-bond donors (Lipinski definition) is 1. The highest BCUT2D eigenvalue weighted by molar-refractivity contribution is 5.99. The van der Waals surface area contributed by atoms with E-state index in [1.807, 2.05) is 37.3 Å². The molecule has 6 nitrogen and oxygen atoms in total. The third-order valence-electron chi connectivity index (χ3n) is 4.15. The lowest BCUT2D eigenvalue weighted by molar-refractivity contribution is -0.121. The second kappa shape index (κ2) is 7.31. The molecule has 27 heavy (non-hydrogen) atoms. The molecule has 0 aromatic heterocycles. The van der Waals surface area contributed by atoms with Crippen molar-refractivity contribution in [2.45, 2.75) is 39.3 Å². The lowest BCUT2D eigenvalue weighted by atomic mass is 10.0. The van der Waals surface area contributed by atoms with Crippen molar-refractivity contribution >= 4 is 23.4 Å². The summed E-state index contributed by atoms with van der Waals surface area (Å²) < 4.78 is 10.8. The Hall–Kier alpha value is -3.02. The maximum absolute atomic E-state index is 12.6. The molecule has 1 aliphatic heterocycles. The molecule has 0 aliphatic carbocycles. The molecular weight excluding hydrogens is 344 g/mol. The average molecular weight is 368 g/mol. The standard InChI is InChI=1S/C21H24N2O4/c1-14(15-8-6-5-7-9-15)23-17-12-16(22-20(25)27-21(2,3)4)10-11-18(17)26-13-19(23)24/h5-12,14H,13H2,1-4H3,(H,22,25). The van der Waals surface area contributed by atoms with Crippen LogP contribution in [0.4, 0.5) is 16.2 Å². The smallest absolute Gasteiger partial charge is 0.412 e. The monoisotopic (exact) mass is 368 g/mol. The summed E-state index contributed by atoms with van der Waals surface area (Å²) in [6.45, 7) is 7.36. The normalized spacial score (nSPS) is 14.8. The van der Waals surface area contributed by atoms with Gasteiger partial charge in [-0.1, -0.05) is 30.3 Å². The molecule has 6 heteroatoms. The molecule has 142 valence electrons. The highest BCUT2D eigenvalue weighted by Gasteiger charge is 2.30. The van der Waals surface area contributed by atoms with Gasteiger partial charge in [-0.2, -0.15) is 0 Å². The minimum atomic E-state index is -0.592. The zero-order valence-electron chi connectivity index (χ0n) is 16.0. The molecule has 0 bridgehead atoms.